The fraction of sp³-hybridized carbons (Fsp3) is 0.235. The number of carbonyl (C=O) groups excluding carboxylic acids is 1. The van der Waals surface area contributed by atoms with Crippen molar-refractivity contribution in [3.63, 3.8) is 0 Å². The summed E-state index contributed by atoms with van der Waals surface area (Å²) in [4.78, 5) is 12.1. The number of amides is 1. The highest BCUT2D eigenvalue weighted by molar-refractivity contribution is 14.1. The molecule has 0 heterocycles. The third kappa shape index (κ3) is 3.82. The summed E-state index contributed by atoms with van der Waals surface area (Å²) >= 11 is 2.20. The van der Waals surface area contributed by atoms with Gasteiger partial charge in [0.1, 0.15) is 0 Å². The maximum absolute atomic E-state index is 12.1. The zero-order valence-electron chi connectivity index (χ0n) is 11.9. The van der Waals surface area contributed by atoms with Gasteiger partial charge < -0.3 is 5.32 Å². The Morgan fingerprint density at radius 1 is 1.05 bits per heavy atom. The standard InChI is InChI=1S/C17H18INO/c1-17(2,3)13-7-9-15(10-8-13)19-16(20)12-5-4-6-14(18)11-12/h4-11H,1-3H3,(H,19,20). The predicted octanol–water partition coefficient (Wildman–Crippen LogP) is 4.84. The molecule has 0 saturated carbocycles. The Hall–Kier alpha value is -1.36. The van der Waals surface area contributed by atoms with Crippen molar-refractivity contribution < 1.29 is 4.79 Å². The van der Waals surface area contributed by atoms with Gasteiger partial charge in [0.05, 0.1) is 0 Å². The first-order valence-corrected chi connectivity index (χ1v) is 7.61. The first-order valence-electron chi connectivity index (χ1n) is 6.54. The molecule has 0 radical (unpaired) electrons. The van der Waals surface area contributed by atoms with Gasteiger partial charge in [0.2, 0.25) is 0 Å². The van der Waals surface area contributed by atoms with Gasteiger partial charge in [-0.1, -0.05) is 39.0 Å². The van der Waals surface area contributed by atoms with Gasteiger partial charge in [-0.2, -0.15) is 0 Å². The SMILES string of the molecule is CC(C)(C)c1ccc(NC(=O)c2cccc(I)c2)cc1. The van der Waals surface area contributed by atoms with E-state index in [1.54, 1.807) is 0 Å². The Balaban J connectivity index is 2.12. The van der Waals surface area contributed by atoms with Crippen molar-refractivity contribution >= 4 is 34.2 Å². The van der Waals surface area contributed by atoms with E-state index < -0.39 is 0 Å². The molecule has 0 aliphatic heterocycles. The third-order valence-electron chi connectivity index (χ3n) is 3.10. The molecule has 1 N–H and O–H groups in total. The quantitative estimate of drug-likeness (QED) is 0.744. The van der Waals surface area contributed by atoms with Gasteiger partial charge in [0.15, 0.2) is 0 Å². The lowest BCUT2D eigenvalue weighted by Crippen LogP contribution is -2.13. The summed E-state index contributed by atoms with van der Waals surface area (Å²) in [7, 11) is 0. The minimum Gasteiger partial charge on any atom is -0.322 e. The van der Waals surface area contributed by atoms with Crippen LogP contribution in [0.1, 0.15) is 36.7 Å². The van der Waals surface area contributed by atoms with Crippen LogP contribution in [0, 0.1) is 3.57 Å². The number of hydrogen-bond donors (Lipinski definition) is 1. The zero-order valence-corrected chi connectivity index (χ0v) is 14.1. The predicted molar refractivity (Wildman–Crippen MR) is 92.3 cm³/mol. The van der Waals surface area contributed by atoms with E-state index in [1.807, 2.05) is 36.4 Å². The zero-order chi connectivity index (χ0) is 14.8. The summed E-state index contributed by atoms with van der Waals surface area (Å²) in [5.41, 5.74) is 2.88. The lowest BCUT2D eigenvalue weighted by Gasteiger charge is -2.19. The lowest BCUT2D eigenvalue weighted by molar-refractivity contribution is 0.102. The molecule has 2 nitrogen and oxygen atoms in total. The number of nitrogens with one attached hydrogen (secondary N) is 1. The minimum atomic E-state index is -0.0768. The van der Waals surface area contributed by atoms with Gasteiger partial charge >= 0.3 is 0 Å². The van der Waals surface area contributed by atoms with Crippen LogP contribution in [0.2, 0.25) is 0 Å². The molecule has 0 saturated heterocycles. The Morgan fingerprint density at radius 2 is 1.70 bits per heavy atom. The minimum absolute atomic E-state index is 0.0768. The average Bonchev–Trinajstić information content (AvgIpc) is 2.38. The van der Waals surface area contributed by atoms with Crippen molar-refractivity contribution in [2.45, 2.75) is 26.2 Å². The van der Waals surface area contributed by atoms with E-state index in [0.29, 0.717) is 5.56 Å². The van der Waals surface area contributed by atoms with Crippen LogP contribution in [0.3, 0.4) is 0 Å². The molecule has 0 aliphatic rings. The molecule has 0 fully saturated rings. The molecule has 0 unspecified atom stereocenters. The maximum atomic E-state index is 12.1. The number of rotatable bonds is 2. The monoisotopic (exact) mass is 379 g/mol. The molecule has 20 heavy (non-hydrogen) atoms. The Labute approximate surface area is 133 Å². The van der Waals surface area contributed by atoms with Gasteiger partial charge in [-0.3, -0.25) is 4.79 Å². The van der Waals surface area contributed by atoms with Gasteiger partial charge in [-0.15, -0.1) is 0 Å². The van der Waals surface area contributed by atoms with Crippen LogP contribution in [0.5, 0.6) is 0 Å². The van der Waals surface area contributed by atoms with E-state index in [-0.39, 0.29) is 11.3 Å². The van der Waals surface area contributed by atoms with E-state index >= 15 is 0 Å². The first kappa shape index (κ1) is 15.0. The summed E-state index contributed by atoms with van der Waals surface area (Å²) in [6, 6.07) is 15.6. The molecule has 104 valence electrons. The number of halogens is 1. The van der Waals surface area contributed by atoms with Crippen LogP contribution in [-0.2, 0) is 5.41 Å². The maximum Gasteiger partial charge on any atom is 0.255 e. The summed E-state index contributed by atoms with van der Waals surface area (Å²) in [6.45, 7) is 6.52. The van der Waals surface area contributed by atoms with Crippen LogP contribution in [0.4, 0.5) is 5.69 Å². The second kappa shape index (κ2) is 5.95. The fourth-order valence-electron chi connectivity index (χ4n) is 1.89. The Bertz CT molecular complexity index is 612. The van der Waals surface area contributed by atoms with Crippen molar-refractivity contribution in [2.24, 2.45) is 0 Å². The molecule has 0 atom stereocenters. The van der Waals surface area contributed by atoms with Gasteiger partial charge in [-0.25, -0.2) is 0 Å². The van der Waals surface area contributed by atoms with Crippen LogP contribution in [-0.4, -0.2) is 5.91 Å². The molecule has 3 heteroatoms. The largest absolute Gasteiger partial charge is 0.322 e. The van der Waals surface area contributed by atoms with E-state index in [0.717, 1.165) is 9.26 Å². The van der Waals surface area contributed by atoms with Crippen molar-refractivity contribution in [3.05, 3.63) is 63.2 Å². The number of anilines is 1. The second-order valence-electron chi connectivity index (χ2n) is 5.79. The fourth-order valence-corrected chi connectivity index (χ4v) is 2.43. The van der Waals surface area contributed by atoms with E-state index in [4.69, 9.17) is 0 Å². The molecule has 2 aromatic carbocycles. The smallest absolute Gasteiger partial charge is 0.255 e. The average molecular weight is 379 g/mol. The van der Waals surface area contributed by atoms with Crippen molar-refractivity contribution in [3.8, 4) is 0 Å². The highest BCUT2D eigenvalue weighted by Crippen LogP contribution is 2.23. The molecule has 0 spiro atoms. The topological polar surface area (TPSA) is 29.1 Å². The summed E-state index contributed by atoms with van der Waals surface area (Å²) in [5.74, 6) is -0.0768. The highest BCUT2D eigenvalue weighted by atomic mass is 127. The molecule has 0 aliphatic carbocycles. The lowest BCUT2D eigenvalue weighted by atomic mass is 9.87. The van der Waals surface area contributed by atoms with Crippen LogP contribution in [0.15, 0.2) is 48.5 Å². The second-order valence-corrected chi connectivity index (χ2v) is 7.04. The molecular weight excluding hydrogens is 361 g/mol. The number of benzene rings is 2. The summed E-state index contributed by atoms with van der Waals surface area (Å²) in [6.07, 6.45) is 0. The molecule has 2 aromatic rings. The van der Waals surface area contributed by atoms with Gasteiger partial charge in [-0.05, 0) is 63.9 Å². The summed E-state index contributed by atoms with van der Waals surface area (Å²) in [5, 5.41) is 2.92. The van der Waals surface area contributed by atoms with Crippen LogP contribution in [0.25, 0.3) is 0 Å². The number of hydrogen-bond acceptors (Lipinski definition) is 1. The summed E-state index contributed by atoms with van der Waals surface area (Å²) < 4.78 is 1.05. The van der Waals surface area contributed by atoms with Crippen LogP contribution < -0.4 is 5.32 Å². The van der Waals surface area contributed by atoms with E-state index in [9.17, 15) is 4.79 Å². The molecule has 0 aromatic heterocycles. The normalized spacial score (nSPS) is 11.2. The molecule has 2 rings (SSSR count). The van der Waals surface area contributed by atoms with Crippen molar-refractivity contribution in [1.29, 1.82) is 0 Å². The molecule has 1 amide bonds. The Morgan fingerprint density at radius 3 is 2.25 bits per heavy atom. The van der Waals surface area contributed by atoms with Crippen LogP contribution >= 0.6 is 22.6 Å². The van der Waals surface area contributed by atoms with Crippen molar-refractivity contribution in [1.82, 2.24) is 0 Å². The molecular formula is C17H18INO. The first-order chi connectivity index (χ1) is 9.36. The Kier molecular flexibility index (Phi) is 4.48. The number of carbonyl (C=O) groups is 1. The molecule has 0 bridgehead atoms. The van der Waals surface area contributed by atoms with E-state index in [2.05, 4.69) is 60.8 Å². The third-order valence-corrected chi connectivity index (χ3v) is 3.77. The van der Waals surface area contributed by atoms with E-state index in [1.165, 1.54) is 5.56 Å². The highest BCUT2D eigenvalue weighted by Gasteiger charge is 2.13. The van der Waals surface area contributed by atoms with Gasteiger partial charge in [0, 0.05) is 14.8 Å². The van der Waals surface area contributed by atoms with Crippen molar-refractivity contribution in [2.75, 3.05) is 5.32 Å². The van der Waals surface area contributed by atoms with Gasteiger partial charge in [0.25, 0.3) is 5.91 Å².